The molecular weight excluding hydrogens is 204 g/mol. The maximum Gasteiger partial charge on any atom is 0.251 e. The number of anilines is 1. The summed E-state index contributed by atoms with van der Waals surface area (Å²) < 4.78 is 0. The van der Waals surface area contributed by atoms with Crippen LogP contribution in [0, 0.1) is 6.92 Å². The molecule has 0 bridgehead atoms. The predicted octanol–water partition coefficient (Wildman–Crippen LogP) is 1.08. The fraction of sp³-hybridized carbons (Fsp3) is 0.417. The molecule has 0 aliphatic carbocycles. The summed E-state index contributed by atoms with van der Waals surface area (Å²) >= 11 is 0. The van der Waals surface area contributed by atoms with Crippen molar-refractivity contribution in [2.45, 2.75) is 26.3 Å². The highest BCUT2D eigenvalue weighted by molar-refractivity contribution is 5.95. The van der Waals surface area contributed by atoms with Gasteiger partial charge in [-0.2, -0.15) is 0 Å². The van der Waals surface area contributed by atoms with E-state index in [1.165, 1.54) is 0 Å². The monoisotopic (exact) mass is 222 g/mol. The van der Waals surface area contributed by atoms with Crippen LogP contribution in [-0.2, 0) is 0 Å². The van der Waals surface area contributed by atoms with Crippen LogP contribution in [0.1, 0.15) is 29.8 Å². The maximum absolute atomic E-state index is 11.8. The molecule has 1 aromatic carbocycles. The molecule has 16 heavy (non-hydrogen) atoms. The van der Waals surface area contributed by atoms with Crippen LogP contribution >= 0.6 is 0 Å². The molecule has 0 saturated carbocycles. The van der Waals surface area contributed by atoms with Crippen LogP contribution in [0.2, 0.25) is 0 Å². The normalized spacial score (nSPS) is 11.2. The first kappa shape index (κ1) is 12.5. The molecule has 0 unspecified atom stereocenters. The Hall–Kier alpha value is -1.55. The molecule has 0 saturated heterocycles. The molecule has 0 aliphatic heterocycles. The first-order chi connectivity index (χ1) is 7.35. The van der Waals surface area contributed by atoms with Crippen LogP contribution in [-0.4, -0.2) is 23.2 Å². The van der Waals surface area contributed by atoms with E-state index in [-0.39, 0.29) is 12.5 Å². The summed E-state index contributed by atoms with van der Waals surface area (Å²) in [6.45, 7) is 5.26. The van der Waals surface area contributed by atoms with Gasteiger partial charge >= 0.3 is 0 Å². The number of nitrogens with one attached hydrogen (secondary N) is 1. The summed E-state index contributed by atoms with van der Waals surface area (Å²) in [4.78, 5) is 11.8. The number of hydrogen-bond acceptors (Lipinski definition) is 3. The Morgan fingerprint density at radius 2 is 2.12 bits per heavy atom. The fourth-order valence-electron chi connectivity index (χ4n) is 1.24. The van der Waals surface area contributed by atoms with E-state index in [0.29, 0.717) is 11.3 Å². The Balaban J connectivity index is 2.85. The van der Waals surface area contributed by atoms with Crippen LogP contribution in [0.5, 0.6) is 0 Å². The largest absolute Gasteiger partial charge is 0.399 e. The molecule has 0 aliphatic rings. The Morgan fingerprint density at radius 1 is 1.50 bits per heavy atom. The Kier molecular flexibility index (Phi) is 3.55. The van der Waals surface area contributed by atoms with Crippen molar-refractivity contribution < 1.29 is 9.90 Å². The molecular formula is C12H18N2O2. The summed E-state index contributed by atoms with van der Waals surface area (Å²) in [7, 11) is 0. The second-order valence-corrected chi connectivity index (χ2v) is 4.57. The first-order valence-corrected chi connectivity index (χ1v) is 5.15. The van der Waals surface area contributed by atoms with Gasteiger partial charge in [-0.1, -0.05) is 0 Å². The zero-order valence-corrected chi connectivity index (χ0v) is 9.87. The van der Waals surface area contributed by atoms with E-state index in [4.69, 9.17) is 10.8 Å². The molecule has 0 aromatic heterocycles. The average Bonchev–Trinajstić information content (AvgIpc) is 2.21. The number of aliphatic hydroxyl groups is 1. The zero-order chi connectivity index (χ0) is 12.3. The number of aliphatic hydroxyl groups excluding tert-OH is 1. The van der Waals surface area contributed by atoms with E-state index in [0.717, 1.165) is 5.56 Å². The van der Waals surface area contributed by atoms with Crippen molar-refractivity contribution in [3.8, 4) is 0 Å². The molecule has 0 atom stereocenters. The number of benzene rings is 1. The number of hydrogen-bond donors (Lipinski definition) is 3. The summed E-state index contributed by atoms with van der Waals surface area (Å²) in [5, 5.41) is 11.8. The van der Waals surface area contributed by atoms with Gasteiger partial charge in [0.25, 0.3) is 5.91 Å². The van der Waals surface area contributed by atoms with E-state index >= 15 is 0 Å². The predicted molar refractivity (Wildman–Crippen MR) is 64.2 cm³/mol. The second-order valence-electron chi connectivity index (χ2n) is 4.57. The van der Waals surface area contributed by atoms with Crippen LogP contribution in [0.4, 0.5) is 5.69 Å². The van der Waals surface area contributed by atoms with Crippen molar-refractivity contribution in [2.24, 2.45) is 0 Å². The summed E-state index contributed by atoms with van der Waals surface area (Å²) in [5.41, 5.74) is 7.14. The molecule has 1 rings (SSSR count). The molecule has 0 radical (unpaired) electrons. The van der Waals surface area contributed by atoms with Gasteiger partial charge in [0, 0.05) is 11.3 Å². The van der Waals surface area contributed by atoms with Crippen molar-refractivity contribution in [3.63, 3.8) is 0 Å². The number of amides is 1. The number of nitrogen functional groups attached to an aromatic ring is 1. The maximum atomic E-state index is 11.8. The zero-order valence-electron chi connectivity index (χ0n) is 9.87. The van der Waals surface area contributed by atoms with E-state index in [1.807, 2.05) is 6.92 Å². The number of aryl methyl sites for hydroxylation is 1. The third-order valence-corrected chi connectivity index (χ3v) is 2.38. The SMILES string of the molecule is Cc1cc(C(=O)NC(C)(C)CO)ccc1N. The van der Waals surface area contributed by atoms with Crippen molar-refractivity contribution in [2.75, 3.05) is 12.3 Å². The summed E-state index contributed by atoms with van der Waals surface area (Å²) in [6, 6.07) is 5.11. The highest BCUT2D eigenvalue weighted by Crippen LogP contribution is 2.13. The minimum absolute atomic E-state index is 0.104. The Labute approximate surface area is 95.5 Å². The molecule has 0 fully saturated rings. The quantitative estimate of drug-likeness (QED) is 0.670. The van der Waals surface area contributed by atoms with Gasteiger partial charge in [-0.3, -0.25) is 4.79 Å². The Bertz CT molecular complexity index is 400. The molecule has 0 heterocycles. The van der Waals surface area contributed by atoms with Crippen molar-refractivity contribution >= 4 is 11.6 Å². The summed E-state index contributed by atoms with van der Waals surface area (Å²) in [5.74, 6) is -0.206. The molecule has 4 N–H and O–H groups in total. The van der Waals surface area contributed by atoms with Crippen LogP contribution in [0.3, 0.4) is 0 Å². The van der Waals surface area contributed by atoms with Gasteiger partial charge in [0.2, 0.25) is 0 Å². The molecule has 88 valence electrons. The van der Waals surface area contributed by atoms with Gasteiger partial charge in [0.15, 0.2) is 0 Å². The van der Waals surface area contributed by atoms with E-state index in [1.54, 1.807) is 32.0 Å². The molecule has 4 nitrogen and oxygen atoms in total. The lowest BCUT2D eigenvalue weighted by molar-refractivity contribution is 0.0869. The lowest BCUT2D eigenvalue weighted by atomic mass is 10.0. The minimum Gasteiger partial charge on any atom is -0.399 e. The molecule has 4 heteroatoms. The number of nitrogens with two attached hydrogens (primary N) is 1. The third kappa shape index (κ3) is 2.97. The standard InChI is InChI=1S/C12H18N2O2/c1-8-6-9(4-5-10(8)13)11(16)14-12(2,3)7-15/h4-6,15H,7,13H2,1-3H3,(H,14,16). The highest BCUT2D eigenvalue weighted by Gasteiger charge is 2.19. The topological polar surface area (TPSA) is 75.3 Å². The lowest BCUT2D eigenvalue weighted by Gasteiger charge is -2.23. The van der Waals surface area contributed by atoms with E-state index in [9.17, 15) is 4.79 Å². The van der Waals surface area contributed by atoms with Gasteiger partial charge in [0.1, 0.15) is 0 Å². The van der Waals surface area contributed by atoms with Crippen LogP contribution in [0.25, 0.3) is 0 Å². The molecule has 0 spiro atoms. The highest BCUT2D eigenvalue weighted by atomic mass is 16.3. The molecule has 1 aromatic rings. The van der Waals surface area contributed by atoms with Crippen molar-refractivity contribution in [3.05, 3.63) is 29.3 Å². The van der Waals surface area contributed by atoms with E-state index < -0.39 is 5.54 Å². The van der Waals surface area contributed by atoms with Crippen LogP contribution < -0.4 is 11.1 Å². The van der Waals surface area contributed by atoms with Gasteiger partial charge in [-0.15, -0.1) is 0 Å². The smallest absolute Gasteiger partial charge is 0.251 e. The third-order valence-electron chi connectivity index (χ3n) is 2.38. The van der Waals surface area contributed by atoms with Gasteiger partial charge in [-0.05, 0) is 44.5 Å². The fourth-order valence-corrected chi connectivity index (χ4v) is 1.24. The number of carbonyl (C=O) groups excluding carboxylic acids is 1. The van der Waals surface area contributed by atoms with E-state index in [2.05, 4.69) is 5.32 Å². The number of carbonyl (C=O) groups is 1. The van der Waals surface area contributed by atoms with Gasteiger partial charge < -0.3 is 16.2 Å². The summed E-state index contributed by atoms with van der Waals surface area (Å²) in [6.07, 6.45) is 0. The minimum atomic E-state index is -0.619. The average molecular weight is 222 g/mol. The van der Waals surface area contributed by atoms with Crippen LogP contribution in [0.15, 0.2) is 18.2 Å². The van der Waals surface area contributed by atoms with Crippen molar-refractivity contribution in [1.29, 1.82) is 0 Å². The first-order valence-electron chi connectivity index (χ1n) is 5.15. The van der Waals surface area contributed by atoms with Crippen molar-refractivity contribution in [1.82, 2.24) is 5.32 Å². The Morgan fingerprint density at radius 3 is 2.62 bits per heavy atom. The van der Waals surface area contributed by atoms with Gasteiger partial charge in [0.05, 0.1) is 12.1 Å². The number of rotatable bonds is 3. The van der Waals surface area contributed by atoms with Gasteiger partial charge in [-0.25, -0.2) is 0 Å². The lowest BCUT2D eigenvalue weighted by Crippen LogP contribution is -2.46. The molecule has 1 amide bonds. The second kappa shape index (κ2) is 4.53.